The van der Waals surface area contributed by atoms with E-state index in [-0.39, 0.29) is 30.2 Å². The van der Waals surface area contributed by atoms with Gasteiger partial charge in [-0.1, -0.05) is 0 Å². The number of urea groups is 1. The second kappa shape index (κ2) is 8.71. The number of amides is 3. The molecule has 0 radical (unpaired) electrons. The number of benzene rings is 1. The van der Waals surface area contributed by atoms with Gasteiger partial charge in [-0.05, 0) is 26.8 Å². The minimum Gasteiger partial charge on any atom is -0.494 e. The minimum absolute atomic E-state index is 0.149. The molecule has 0 heterocycles. The lowest BCUT2D eigenvalue weighted by Crippen LogP contribution is -2.39. The summed E-state index contributed by atoms with van der Waals surface area (Å²) in [4.78, 5) is 33.4. The van der Waals surface area contributed by atoms with E-state index >= 15 is 0 Å². The van der Waals surface area contributed by atoms with Crippen molar-refractivity contribution in [2.24, 2.45) is 0 Å². The number of alkyl carbamates (subject to hydrolysis) is 1. The lowest BCUT2D eigenvalue weighted by Gasteiger charge is -2.19. The van der Waals surface area contributed by atoms with Crippen LogP contribution in [-0.4, -0.2) is 42.8 Å². The lowest BCUT2D eigenvalue weighted by molar-refractivity contribution is -0.384. The van der Waals surface area contributed by atoms with E-state index in [0.717, 1.165) is 0 Å². The van der Waals surface area contributed by atoms with Gasteiger partial charge in [0.1, 0.15) is 11.4 Å². The molecule has 1 aromatic carbocycles. The number of methoxy groups -OCH3 is 1. The summed E-state index contributed by atoms with van der Waals surface area (Å²) >= 11 is 0. The van der Waals surface area contributed by atoms with Crippen LogP contribution in [0.1, 0.15) is 20.8 Å². The molecule has 1 rings (SSSR count). The molecule has 0 aromatic heterocycles. The first-order valence-electron chi connectivity index (χ1n) is 7.46. The number of carbonyl (C=O) groups is 2. The Balaban J connectivity index is 2.45. The van der Waals surface area contributed by atoms with Crippen LogP contribution in [0.25, 0.3) is 0 Å². The molecule has 0 spiro atoms. The number of hydrogen-bond donors (Lipinski definition) is 3. The first-order chi connectivity index (χ1) is 11.6. The van der Waals surface area contributed by atoms with Gasteiger partial charge in [0.05, 0.1) is 23.8 Å². The molecule has 0 unspecified atom stereocenters. The molecule has 0 aliphatic carbocycles. The zero-order valence-corrected chi connectivity index (χ0v) is 14.5. The van der Waals surface area contributed by atoms with Gasteiger partial charge in [0.15, 0.2) is 0 Å². The molecule has 1 aromatic rings. The number of nitro groups is 1. The smallest absolute Gasteiger partial charge is 0.407 e. The van der Waals surface area contributed by atoms with Crippen molar-refractivity contribution < 1.29 is 24.0 Å². The van der Waals surface area contributed by atoms with E-state index in [2.05, 4.69) is 16.0 Å². The van der Waals surface area contributed by atoms with Gasteiger partial charge in [-0.2, -0.15) is 0 Å². The number of non-ortho nitro benzene ring substituents is 1. The van der Waals surface area contributed by atoms with E-state index in [4.69, 9.17) is 9.47 Å². The molecule has 0 saturated carbocycles. The first kappa shape index (κ1) is 20.0. The maximum Gasteiger partial charge on any atom is 0.407 e. The summed E-state index contributed by atoms with van der Waals surface area (Å²) in [7, 11) is 1.34. The zero-order valence-electron chi connectivity index (χ0n) is 14.5. The molecule has 0 aliphatic rings. The predicted octanol–water partition coefficient (Wildman–Crippen LogP) is 2.25. The molecule has 0 bridgehead atoms. The van der Waals surface area contributed by atoms with Crippen molar-refractivity contribution in [1.82, 2.24) is 10.6 Å². The molecule has 10 heteroatoms. The molecule has 0 saturated heterocycles. The molecular weight excluding hydrogens is 332 g/mol. The van der Waals surface area contributed by atoms with Crippen molar-refractivity contribution in [2.75, 3.05) is 25.5 Å². The van der Waals surface area contributed by atoms with Crippen LogP contribution in [0.2, 0.25) is 0 Å². The van der Waals surface area contributed by atoms with Gasteiger partial charge in [-0.3, -0.25) is 10.1 Å². The average Bonchev–Trinajstić information content (AvgIpc) is 2.50. The third kappa shape index (κ3) is 7.38. The van der Waals surface area contributed by atoms with Crippen LogP contribution >= 0.6 is 0 Å². The van der Waals surface area contributed by atoms with Gasteiger partial charge in [0, 0.05) is 19.2 Å². The van der Waals surface area contributed by atoms with Crippen molar-refractivity contribution in [3.63, 3.8) is 0 Å². The number of rotatable bonds is 6. The number of nitrogens with zero attached hydrogens (tertiary/aromatic N) is 1. The Morgan fingerprint density at radius 3 is 2.40 bits per heavy atom. The molecule has 25 heavy (non-hydrogen) atoms. The van der Waals surface area contributed by atoms with Crippen LogP contribution in [0, 0.1) is 10.1 Å². The molecule has 0 aliphatic heterocycles. The van der Waals surface area contributed by atoms with Gasteiger partial charge in [-0.15, -0.1) is 0 Å². The summed E-state index contributed by atoms with van der Waals surface area (Å²) in [6.45, 7) is 5.59. The van der Waals surface area contributed by atoms with E-state index in [1.807, 2.05) is 0 Å². The van der Waals surface area contributed by atoms with E-state index in [1.165, 1.54) is 25.3 Å². The van der Waals surface area contributed by atoms with E-state index in [1.54, 1.807) is 20.8 Å². The highest BCUT2D eigenvalue weighted by Crippen LogP contribution is 2.28. The second-order valence-corrected chi connectivity index (χ2v) is 5.95. The maximum atomic E-state index is 11.8. The summed E-state index contributed by atoms with van der Waals surface area (Å²) < 4.78 is 10.1. The van der Waals surface area contributed by atoms with Crippen molar-refractivity contribution >= 4 is 23.5 Å². The number of hydrogen-bond acceptors (Lipinski definition) is 6. The van der Waals surface area contributed by atoms with Gasteiger partial charge in [0.25, 0.3) is 5.69 Å². The lowest BCUT2D eigenvalue weighted by atomic mass is 10.2. The van der Waals surface area contributed by atoms with Crippen molar-refractivity contribution in [1.29, 1.82) is 0 Å². The van der Waals surface area contributed by atoms with Gasteiger partial charge in [0.2, 0.25) is 0 Å². The summed E-state index contributed by atoms with van der Waals surface area (Å²) in [5, 5.41) is 18.3. The van der Waals surface area contributed by atoms with Crippen LogP contribution in [0.4, 0.5) is 21.0 Å². The number of carbonyl (C=O) groups excluding carboxylic acids is 2. The van der Waals surface area contributed by atoms with Crippen LogP contribution < -0.4 is 20.7 Å². The number of anilines is 1. The van der Waals surface area contributed by atoms with Crippen LogP contribution in [-0.2, 0) is 4.74 Å². The normalized spacial score (nSPS) is 10.6. The fraction of sp³-hybridized carbons (Fsp3) is 0.467. The molecule has 138 valence electrons. The van der Waals surface area contributed by atoms with Crippen LogP contribution in [0.15, 0.2) is 18.2 Å². The highest BCUT2D eigenvalue weighted by atomic mass is 16.6. The van der Waals surface area contributed by atoms with E-state index < -0.39 is 22.6 Å². The van der Waals surface area contributed by atoms with Gasteiger partial charge < -0.3 is 25.4 Å². The summed E-state index contributed by atoms with van der Waals surface area (Å²) in [5.41, 5.74) is -0.462. The molecule has 3 amide bonds. The topological polar surface area (TPSA) is 132 Å². The Bertz CT molecular complexity index is 641. The van der Waals surface area contributed by atoms with Crippen molar-refractivity contribution in [3.05, 3.63) is 28.3 Å². The Labute approximate surface area is 145 Å². The van der Waals surface area contributed by atoms with E-state index in [9.17, 15) is 19.7 Å². The molecule has 10 nitrogen and oxygen atoms in total. The second-order valence-electron chi connectivity index (χ2n) is 5.95. The molecule has 3 N–H and O–H groups in total. The minimum atomic E-state index is -0.596. The Kier molecular flexibility index (Phi) is 6.97. The number of nitro benzene ring substituents is 1. The molecule has 0 atom stereocenters. The number of nitrogens with one attached hydrogen (secondary N) is 3. The average molecular weight is 354 g/mol. The predicted molar refractivity (Wildman–Crippen MR) is 90.9 cm³/mol. The monoisotopic (exact) mass is 354 g/mol. The van der Waals surface area contributed by atoms with Crippen LogP contribution in [0.3, 0.4) is 0 Å². The molecule has 0 fully saturated rings. The van der Waals surface area contributed by atoms with E-state index in [0.29, 0.717) is 0 Å². The fourth-order valence-corrected chi connectivity index (χ4v) is 1.72. The van der Waals surface area contributed by atoms with Gasteiger partial charge in [-0.25, -0.2) is 9.59 Å². The fourth-order valence-electron chi connectivity index (χ4n) is 1.72. The highest BCUT2D eigenvalue weighted by Gasteiger charge is 2.16. The number of ether oxygens (including phenoxy) is 2. The standard InChI is InChI=1S/C15H22N4O6/c1-15(2,3)25-14(21)17-8-7-16-13(20)18-11-6-5-10(19(22)23)9-12(11)24-4/h5-6,9H,7-8H2,1-4H3,(H,17,21)(H2,16,18,20). The van der Waals surface area contributed by atoms with Crippen molar-refractivity contribution in [2.45, 2.75) is 26.4 Å². The highest BCUT2D eigenvalue weighted by molar-refractivity contribution is 5.91. The Morgan fingerprint density at radius 2 is 1.84 bits per heavy atom. The molecular formula is C15H22N4O6. The third-order valence-electron chi connectivity index (χ3n) is 2.72. The summed E-state index contributed by atoms with van der Waals surface area (Å²) in [6.07, 6.45) is -0.577. The largest absolute Gasteiger partial charge is 0.494 e. The zero-order chi connectivity index (χ0) is 19.0. The van der Waals surface area contributed by atoms with Crippen molar-refractivity contribution in [3.8, 4) is 5.75 Å². The Hall–Kier alpha value is -3.04. The quantitative estimate of drug-likeness (QED) is 0.408. The maximum absolute atomic E-state index is 11.8. The Morgan fingerprint density at radius 1 is 1.20 bits per heavy atom. The SMILES string of the molecule is COc1cc([N+](=O)[O-])ccc1NC(=O)NCCNC(=O)OC(C)(C)C. The van der Waals surface area contributed by atoms with Gasteiger partial charge >= 0.3 is 12.1 Å². The third-order valence-corrected chi connectivity index (χ3v) is 2.72. The van der Waals surface area contributed by atoms with Crippen LogP contribution in [0.5, 0.6) is 5.75 Å². The summed E-state index contributed by atoms with van der Waals surface area (Å²) in [5.74, 6) is 0.163. The first-order valence-corrected chi connectivity index (χ1v) is 7.46. The summed E-state index contributed by atoms with van der Waals surface area (Å²) in [6, 6.07) is 3.29.